The zero-order chi connectivity index (χ0) is 35.2. The number of nitrogens with zero attached hydrogens (tertiary/aromatic N) is 2. The average molecular weight is 689 g/mol. The van der Waals surface area contributed by atoms with Crippen LogP contribution >= 0.6 is 0 Å². The zero-order valence-corrected chi connectivity index (χ0v) is 29.6. The quantitative estimate of drug-likeness (QED) is 0.177. The maximum absolute atomic E-state index is 6.56. The van der Waals surface area contributed by atoms with Crippen LogP contribution in [0.15, 0.2) is 162 Å². The molecule has 8 aromatic carbocycles. The van der Waals surface area contributed by atoms with Gasteiger partial charge < -0.3 is 13.6 Å². The lowest BCUT2D eigenvalue weighted by Gasteiger charge is -2.25. The van der Waals surface area contributed by atoms with Gasteiger partial charge in [0.25, 0.3) is 0 Å². The Balaban J connectivity index is 1.24. The number of fused-ring (bicyclic) bond motifs is 15. The van der Waals surface area contributed by atoms with Crippen molar-refractivity contribution < 1.29 is 4.42 Å². The molecular weight excluding hydrogens is 657 g/mol. The summed E-state index contributed by atoms with van der Waals surface area (Å²) in [4.78, 5) is 0. The van der Waals surface area contributed by atoms with E-state index in [9.17, 15) is 0 Å². The van der Waals surface area contributed by atoms with Gasteiger partial charge in [-0.15, -0.1) is 0 Å². The van der Waals surface area contributed by atoms with Crippen LogP contribution in [0.25, 0.3) is 110 Å². The van der Waals surface area contributed by atoms with Crippen LogP contribution < -0.4 is 0 Å². The maximum Gasteiger partial charge on any atom is 0.136 e. The van der Waals surface area contributed by atoms with Crippen LogP contribution in [0.3, 0.4) is 0 Å². The van der Waals surface area contributed by atoms with Gasteiger partial charge in [0.15, 0.2) is 0 Å². The predicted octanol–water partition coefficient (Wildman–Crippen LogP) is 13.8. The molecule has 0 saturated carbocycles. The van der Waals surface area contributed by atoms with Gasteiger partial charge >= 0.3 is 0 Å². The van der Waals surface area contributed by atoms with Crippen LogP contribution in [0, 0.1) is 0 Å². The number of para-hydroxylation sites is 2. The summed E-state index contributed by atoms with van der Waals surface area (Å²) < 4.78 is 11.7. The summed E-state index contributed by atoms with van der Waals surface area (Å²) in [6.45, 7) is 2.43. The van der Waals surface area contributed by atoms with E-state index in [0.717, 1.165) is 17.6 Å². The molecule has 0 bridgehead atoms. The maximum atomic E-state index is 6.56. The summed E-state index contributed by atoms with van der Waals surface area (Å²) in [7, 11) is 0. The minimum atomic E-state index is 0.293. The molecule has 54 heavy (non-hydrogen) atoms. The summed E-state index contributed by atoms with van der Waals surface area (Å²) in [5.41, 5.74) is 17.3. The molecule has 0 radical (unpaired) electrons. The Labute approximate surface area is 310 Å². The Morgan fingerprint density at radius 1 is 0.481 bits per heavy atom. The van der Waals surface area contributed by atoms with Gasteiger partial charge in [-0.25, -0.2) is 0 Å². The van der Waals surface area contributed by atoms with E-state index in [-0.39, 0.29) is 0 Å². The summed E-state index contributed by atoms with van der Waals surface area (Å²) in [6, 6.07) is 58.2. The van der Waals surface area contributed by atoms with E-state index in [2.05, 4.69) is 174 Å². The van der Waals surface area contributed by atoms with Crippen molar-refractivity contribution in [1.82, 2.24) is 9.13 Å². The summed E-state index contributed by atoms with van der Waals surface area (Å²) >= 11 is 0. The minimum Gasteiger partial charge on any atom is -0.456 e. The molecule has 0 N–H and O–H groups in total. The number of furan rings is 1. The molecule has 0 spiro atoms. The molecule has 3 nitrogen and oxygen atoms in total. The largest absolute Gasteiger partial charge is 0.456 e. The number of aromatic nitrogens is 2. The second-order valence-corrected chi connectivity index (χ2v) is 15.3. The Kier molecular flexibility index (Phi) is 5.41. The number of hydrogen-bond donors (Lipinski definition) is 0. The Hall–Kier alpha value is -6.84. The highest BCUT2D eigenvalue weighted by atomic mass is 16.3. The lowest BCUT2D eigenvalue weighted by atomic mass is 9.83. The fraction of sp³-hybridized carbons (Fsp3) is 0.0588. The van der Waals surface area contributed by atoms with Crippen LogP contribution in [0.2, 0.25) is 0 Å². The van der Waals surface area contributed by atoms with Gasteiger partial charge in [0.1, 0.15) is 11.2 Å². The van der Waals surface area contributed by atoms with Gasteiger partial charge in [-0.05, 0) is 104 Å². The molecule has 1 atom stereocenters. The third-order valence-electron chi connectivity index (χ3n) is 12.4. The van der Waals surface area contributed by atoms with E-state index in [1.165, 1.54) is 110 Å². The van der Waals surface area contributed by atoms with E-state index >= 15 is 0 Å². The van der Waals surface area contributed by atoms with E-state index in [0.29, 0.717) is 5.92 Å². The number of rotatable bonds is 2. The molecule has 2 aliphatic carbocycles. The van der Waals surface area contributed by atoms with Crippen LogP contribution in [0.4, 0.5) is 0 Å². The van der Waals surface area contributed by atoms with Crippen molar-refractivity contribution in [3.05, 3.63) is 169 Å². The third kappa shape index (κ3) is 3.52. The monoisotopic (exact) mass is 688 g/mol. The van der Waals surface area contributed by atoms with Crippen molar-refractivity contribution in [2.24, 2.45) is 0 Å². The van der Waals surface area contributed by atoms with Crippen molar-refractivity contribution in [2.75, 3.05) is 0 Å². The molecule has 3 aromatic heterocycles. The highest BCUT2D eigenvalue weighted by molar-refractivity contribution is 6.22. The van der Waals surface area contributed by atoms with Crippen molar-refractivity contribution in [2.45, 2.75) is 19.3 Å². The molecule has 11 aromatic rings. The van der Waals surface area contributed by atoms with E-state index < -0.39 is 0 Å². The van der Waals surface area contributed by atoms with Crippen molar-refractivity contribution in [1.29, 1.82) is 0 Å². The van der Waals surface area contributed by atoms with Crippen molar-refractivity contribution >= 4 is 65.3 Å². The van der Waals surface area contributed by atoms with Gasteiger partial charge in [-0.1, -0.05) is 122 Å². The normalized spacial score (nSPS) is 14.5. The zero-order valence-electron chi connectivity index (χ0n) is 29.6. The molecule has 0 saturated heterocycles. The smallest absolute Gasteiger partial charge is 0.136 e. The van der Waals surface area contributed by atoms with Crippen LogP contribution in [0.1, 0.15) is 24.0 Å². The summed E-state index contributed by atoms with van der Waals surface area (Å²) in [5, 5.41) is 10.1. The minimum absolute atomic E-state index is 0.293. The first-order valence-corrected chi connectivity index (χ1v) is 19.0. The van der Waals surface area contributed by atoms with E-state index in [1.54, 1.807) is 0 Å². The number of benzene rings is 8. The van der Waals surface area contributed by atoms with Crippen molar-refractivity contribution in [3.8, 4) is 45.0 Å². The Morgan fingerprint density at radius 2 is 1.19 bits per heavy atom. The van der Waals surface area contributed by atoms with Crippen molar-refractivity contribution in [3.63, 3.8) is 0 Å². The van der Waals surface area contributed by atoms with Crippen LogP contribution in [-0.4, -0.2) is 9.13 Å². The van der Waals surface area contributed by atoms with E-state index in [1.807, 2.05) is 0 Å². The second-order valence-electron chi connectivity index (χ2n) is 15.3. The molecule has 0 amide bonds. The topological polar surface area (TPSA) is 23.0 Å². The predicted molar refractivity (Wildman–Crippen MR) is 224 cm³/mol. The number of hydrogen-bond acceptors (Lipinski definition) is 1. The molecule has 3 heterocycles. The van der Waals surface area contributed by atoms with Gasteiger partial charge in [0, 0.05) is 32.6 Å². The Bertz CT molecular complexity index is 3440. The molecule has 0 aliphatic heterocycles. The molecular formula is C51H32N2O. The average Bonchev–Trinajstić information content (AvgIpc) is 3.95. The molecule has 3 heteroatoms. The Morgan fingerprint density at radius 3 is 2.09 bits per heavy atom. The molecule has 2 aliphatic rings. The fourth-order valence-corrected chi connectivity index (χ4v) is 10.4. The highest BCUT2D eigenvalue weighted by Gasteiger charge is 2.36. The van der Waals surface area contributed by atoms with Crippen LogP contribution in [0.5, 0.6) is 0 Å². The summed E-state index contributed by atoms with van der Waals surface area (Å²) in [6.07, 6.45) is 0.933. The molecule has 252 valence electrons. The fourth-order valence-electron chi connectivity index (χ4n) is 10.4. The summed E-state index contributed by atoms with van der Waals surface area (Å²) in [5.74, 6) is 0.293. The molecule has 13 rings (SSSR count). The highest BCUT2D eigenvalue weighted by Crippen LogP contribution is 2.54. The first kappa shape index (κ1) is 28.7. The second kappa shape index (κ2) is 10.2. The SMILES string of the molecule is CC1Cc2c(n(-c3cccc4ccccc34)c3ccc4oc5ccccc5c4c23)-c2c1c1ccccc1n2-c1cc2c3c(cccc3c1)-c1ccccc1-2. The van der Waals surface area contributed by atoms with Gasteiger partial charge in [-0.3, -0.25) is 0 Å². The lowest BCUT2D eigenvalue weighted by Crippen LogP contribution is -2.12. The van der Waals surface area contributed by atoms with Gasteiger partial charge in [0.2, 0.25) is 0 Å². The molecule has 1 unspecified atom stereocenters. The van der Waals surface area contributed by atoms with Gasteiger partial charge in [0.05, 0.1) is 28.1 Å². The first-order chi connectivity index (χ1) is 26.7. The lowest BCUT2D eigenvalue weighted by molar-refractivity contribution is 0.669. The van der Waals surface area contributed by atoms with E-state index in [4.69, 9.17) is 4.42 Å². The first-order valence-electron chi connectivity index (χ1n) is 19.0. The van der Waals surface area contributed by atoms with Gasteiger partial charge in [-0.2, -0.15) is 0 Å². The standard InChI is InChI=1S/C51H32N2O/c1-29-26-40-48-43(24-25-45-49(48)38-19-7-9-23-44(38)54-45)53(41-22-11-13-30-12-2-3-15-33(30)41)50(40)51-46(29)37-18-6-8-21-42(37)52(51)32-27-31-14-10-20-36-34-16-4-5-17-35(34)39(28-32)47(31)36/h2-25,27-29H,26H2,1H3. The van der Waals surface area contributed by atoms with Crippen LogP contribution in [-0.2, 0) is 6.42 Å². The molecule has 0 fully saturated rings. The third-order valence-corrected chi connectivity index (χ3v) is 12.4.